The van der Waals surface area contributed by atoms with Crippen molar-refractivity contribution in [2.24, 2.45) is 0 Å². The normalized spacial score (nSPS) is 19.1. The second-order valence-corrected chi connectivity index (χ2v) is 5.43. The van der Waals surface area contributed by atoms with Crippen LogP contribution in [-0.4, -0.2) is 32.9 Å². The molecule has 1 unspecified atom stereocenters. The molecular weight excluding hydrogens is 301 g/mol. The summed E-state index contributed by atoms with van der Waals surface area (Å²) in [5.41, 5.74) is 0.273. The maximum absolute atomic E-state index is 11.0. The van der Waals surface area contributed by atoms with Crippen molar-refractivity contribution in [3.8, 4) is 0 Å². The molecule has 0 spiro atoms. The van der Waals surface area contributed by atoms with Gasteiger partial charge in [-0.1, -0.05) is 0 Å². The van der Waals surface area contributed by atoms with Gasteiger partial charge in [0.2, 0.25) is 0 Å². The van der Waals surface area contributed by atoms with Gasteiger partial charge in [-0.05, 0) is 0 Å². The summed E-state index contributed by atoms with van der Waals surface area (Å²) < 4.78 is 12.5. The average molecular weight is 312 g/mol. The van der Waals surface area contributed by atoms with Crippen LogP contribution in [0.2, 0.25) is 0 Å². The molecule has 80 valence electrons. The average Bonchev–Trinajstić information content (AvgIpc) is 2.94. The number of hydrogen-bond acceptors (Lipinski definition) is 5. The molecule has 1 heterocycles. The molecule has 0 saturated carbocycles. The second kappa shape index (κ2) is 5.30. The molecule has 0 N–H and O–H groups in total. The second-order valence-electron chi connectivity index (χ2n) is 2.70. The first-order valence-corrected chi connectivity index (χ1v) is 6.41. The number of carbonyl (C=O) groups is 2. The van der Waals surface area contributed by atoms with E-state index in [1.807, 2.05) is 3.11 Å². The number of rotatable bonds is 5. The Kier molecular flexibility index (Phi) is 4.33. The van der Waals surface area contributed by atoms with Crippen LogP contribution in [0.15, 0.2) is 12.2 Å². The zero-order valence-corrected chi connectivity index (χ0v) is 9.94. The van der Waals surface area contributed by atoms with Crippen molar-refractivity contribution in [1.29, 1.82) is 0 Å². The topological polar surface area (TPSA) is 55.6 Å². The van der Waals surface area contributed by atoms with Crippen molar-refractivity contribution < 1.29 is 40.5 Å². The first kappa shape index (κ1) is 11.4. The van der Waals surface area contributed by atoms with Gasteiger partial charge in [0.25, 0.3) is 0 Å². The van der Waals surface area contributed by atoms with E-state index in [4.69, 9.17) is 4.74 Å². The Hall–Kier alpha value is -0.630. The van der Waals surface area contributed by atoms with Crippen LogP contribution in [-0.2, 0) is 19.1 Å². The van der Waals surface area contributed by atoms with E-state index >= 15 is 0 Å². The molecule has 0 amide bonds. The van der Waals surface area contributed by atoms with Crippen LogP contribution in [0.4, 0.5) is 0 Å². The molecule has 0 aromatic heterocycles. The van der Waals surface area contributed by atoms with E-state index in [-0.39, 0.29) is 33.7 Å². The van der Waals surface area contributed by atoms with E-state index in [0.717, 1.165) is 4.55 Å². The fourth-order valence-electron chi connectivity index (χ4n) is 0.538. The zero-order valence-electron chi connectivity index (χ0n) is 7.79. The summed E-state index contributed by atoms with van der Waals surface area (Å²) in [5, 5.41) is 0. The summed E-state index contributed by atoms with van der Waals surface area (Å²) in [5.74, 6) is -1.09. The Balaban J connectivity index is 2.07. The van der Waals surface area contributed by atoms with Crippen molar-refractivity contribution in [3.63, 3.8) is 0 Å². The number of carbonyl (C=O) groups excluding carboxylic acids is 2. The maximum atomic E-state index is 11.0. The molecule has 1 aliphatic rings. The Bertz CT molecular complexity index is 262. The monoisotopic (exact) mass is 312 g/mol. The van der Waals surface area contributed by atoms with Gasteiger partial charge in [-0.25, -0.2) is 0 Å². The summed E-state index contributed by atoms with van der Waals surface area (Å²) >= 11 is 0.143. The minimum absolute atomic E-state index is 0.143. The molecule has 0 aliphatic carbocycles. The minimum atomic E-state index is -0.568. The summed E-state index contributed by atoms with van der Waals surface area (Å²) in [4.78, 5) is 21.8. The summed E-state index contributed by atoms with van der Waals surface area (Å²) in [6, 6.07) is 0. The van der Waals surface area contributed by atoms with Gasteiger partial charge in [-0.15, -0.1) is 0 Å². The van der Waals surface area contributed by atoms with Crippen molar-refractivity contribution in [2.45, 2.75) is 6.92 Å². The Morgan fingerprint density at radius 1 is 1.50 bits per heavy atom. The van der Waals surface area contributed by atoms with E-state index in [0.29, 0.717) is 6.73 Å². The Labute approximate surface area is 92.7 Å². The Morgan fingerprint density at radius 3 is 2.64 bits per heavy atom. The van der Waals surface area contributed by atoms with Crippen LogP contribution in [0.1, 0.15) is 6.92 Å². The van der Waals surface area contributed by atoms with Gasteiger partial charge in [-0.2, -0.15) is 0 Å². The SMILES string of the molecule is C=C(C)C(=O)OCC(=O)OCN1C[I-]1. The predicted octanol–water partition coefficient (Wildman–Crippen LogP) is -3.12. The van der Waals surface area contributed by atoms with E-state index in [2.05, 4.69) is 11.3 Å². The van der Waals surface area contributed by atoms with Crippen LogP contribution in [0.5, 0.6) is 0 Å². The van der Waals surface area contributed by atoms with Crippen LogP contribution < -0.4 is 21.5 Å². The van der Waals surface area contributed by atoms with Gasteiger partial charge in [0.05, 0.1) is 0 Å². The van der Waals surface area contributed by atoms with Gasteiger partial charge in [0.1, 0.15) is 0 Å². The first-order chi connectivity index (χ1) is 6.59. The van der Waals surface area contributed by atoms with E-state index < -0.39 is 11.9 Å². The van der Waals surface area contributed by atoms with Crippen molar-refractivity contribution in [3.05, 3.63) is 12.2 Å². The molecule has 5 nitrogen and oxygen atoms in total. The molecule has 1 rings (SSSR count). The number of esters is 2. The third-order valence-corrected chi connectivity index (χ3v) is 3.25. The standard InChI is InChI=1S/C8H11INO4/c1-6(2)8(12)13-3-7(11)14-5-10-4-9-10/h1,3-5H2,2H3/q-1. The zero-order chi connectivity index (χ0) is 10.6. The fourth-order valence-corrected chi connectivity index (χ4v) is 1.29. The van der Waals surface area contributed by atoms with Crippen molar-refractivity contribution in [1.82, 2.24) is 3.11 Å². The molecule has 1 aliphatic heterocycles. The van der Waals surface area contributed by atoms with Crippen LogP contribution in [0, 0.1) is 0 Å². The number of ether oxygens (including phenoxy) is 2. The van der Waals surface area contributed by atoms with Gasteiger partial charge in [-0.3, -0.25) is 0 Å². The molecule has 0 bridgehead atoms. The van der Waals surface area contributed by atoms with Gasteiger partial charge < -0.3 is 0 Å². The number of alkyl halides is 1. The first-order valence-electron chi connectivity index (χ1n) is 3.92. The molecule has 0 radical (unpaired) electrons. The summed E-state index contributed by atoms with van der Waals surface area (Å²) in [7, 11) is 0. The summed E-state index contributed by atoms with van der Waals surface area (Å²) in [6.45, 7) is 4.90. The third kappa shape index (κ3) is 4.56. The molecule has 0 aromatic rings. The molecule has 1 saturated heterocycles. The number of hydrogen-bond donors (Lipinski definition) is 0. The van der Waals surface area contributed by atoms with Crippen LogP contribution in [0.25, 0.3) is 0 Å². The molecule has 6 heteroatoms. The van der Waals surface area contributed by atoms with E-state index in [1.165, 1.54) is 6.92 Å². The van der Waals surface area contributed by atoms with Gasteiger partial charge in [0.15, 0.2) is 0 Å². The molecule has 1 atom stereocenters. The Morgan fingerprint density at radius 2 is 2.14 bits per heavy atom. The van der Waals surface area contributed by atoms with Crippen molar-refractivity contribution in [2.75, 3.05) is 17.9 Å². The van der Waals surface area contributed by atoms with Gasteiger partial charge in [0, 0.05) is 0 Å². The van der Waals surface area contributed by atoms with Crippen molar-refractivity contribution >= 4 is 11.9 Å². The number of nitrogens with zero attached hydrogens (tertiary/aromatic N) is 1. The van der Waals surface area contributed by atoms with Crippen LogP contribution >= 0.6 is 0 Å². The fraction of sp³-hybridized carbons (Fsp3) is 0.500. The van der Waals surface area contributed by atoms with E-state index in [1.54, 1.807) is 0 Å². The predicted molar refractivity (Wildman–Crippen MR) is 43.4 cm³/mol. The number of halogens is 1. The van der Waals surface area contributed by atoms with Gasteiger partial charge >= 0.3 is 92.6 Å². The van der Waals surface area contributed by atoms with Crippen LogP contribution in [0.3, 0.4) is 0 Å². The molecular formula is C8H11INO4-. The van der Waals surface area contributed by atoms with E-state index in [9.17, 15) is 9.59 Å². The molecule has 14 heavy (non-hydrogen) atoms. The molecule has 1 fully saturated rings. The molecule has 0 aromatic carbocycles. The third-order valence-electron chi connectivity index (χ3n) is 1.32. The quantitative estimate of drug-likeness (QED) is 0.102. The summed E-state index contributed by atoms with van der Waals surface area (Å²) in [6.07, 6.45) is 0.